The first-order valence-electron chi connectivity index (χ1n) is 9.90. The summed E-state index contributed by atoms with van der Waals surface area (Å²) >= 11 is 0. The molecule has 0 saturated heterocycles. The molecule has 0 saturated carbocycles. The highest BCUT2D eigenvalue weighted by Crippen LogP contribution is 2.33. The first-order chi connectivity index (χ1) is 15.0. The lowest BCUT2D eigenvalue weighted by molar-refractivity contribution is 0.555. The van der Waals surface area contributed by atoms with E-state index in [1.165, 1.54) is 6.07 Å². The maximum absolute atomic E-state index is 14.9. The quantitative estimate of drug-likeness (QED) is 0.445. The monoisotopic (exact) mass is 413 g/mol. The lowest BCUT2D eigenvalue weighted by Crippen LogP contribution is -2.17. The SMILES string of the molecule is Cc1nnn(C)c1-c1ccc2nc(C)n([C@@H](c3cccnc3)c3ncccc3F)c2c1. The van der Waals surface area contributed by atoms with Gasteiger partial charge in [-0.15, -0.1) is 5.10 Å². The second-order valence-electron chi connectivity index (χ2n) is 7.44. The molecular formula is C23H20FN7. The Morgan fingerprint density at radius 3 is 2.58 bits per heavy atom. The van der Waals surface area contributed by atoms with Crippen molar-refractivity contribution in [2.45, 2.75) is 19.9 Å². The second kappa shape index (κ2) is 7.39. The summed E-state index contributed by atoms with van der Waals surface area (Å²) in [6.45, 7) is 3.84. The summed E-state index contributed by atoms with van der Waals surface area (Å²) in [5, 5.41) is 8.28. The number of hydrogen-bond acceptors (Lipinski definition) is 5. The molecule has 0 aliphatic rings. The largest absolute Gasteiger partial charge is 0.315 e. The van der Waals surface area contributed by atoms with Crippen LogP contribution in [0.2, 0.25) is 0 Å². The molecule has 154 valence electrons. The Morgan fingerprint density at radius 2 is 1.87 bits per heavy atom. The van der Waals surface area contributed by atoms with Gasteiger partial charge < -0.3 is 4.57 Å². The topological polar surface area (TPSA) is 74.3 Å². The van der Waals surface area contributed by atoms with Gasteiger partial charge in [-0.2, -0.15) is 0 Å². The zero-order chi connectivity index (χ0) is 21.5. The van der Waals surface area contributed by atoms with Crippen molar-refractivity contribution in [1.82, 2.24) is 34.5 Å². The highest BCUT2D eigenvalue weighted by atomic mass is 19.1. The molecule has 8 heteroatoms. The highest BCUT2D eigenvalue weighted by Gasteiger charge is 2.25. The number of aryl methyl sites for hydroxylation is 3. The first kappa shape index (κ1) is 19.0. The van der Waals surface area contributed by atoms with Gasteiger partial charge in [0.2, 0.25) is 0 Å². The third-order valence-corrected chi connectivity index (χ3v) is 5.44. The van der Waals surface area contributed by atoms with E-state index in [4.69, 9.17) is 4.98 Å². The summed E-state index contributed by atoms with van der Waals surface area (Å²) in [5.74, 6) is 0.381. The lowest BCUT2D eigenvalue weighted by atomic mass is 10.0. The molecule has 0 bridgehead atoms. The van der Waals surface area contributed by atoms with Crippen LogP contribution in [0.3, 0.4) is 0 Å². The number of imidazole rings is 1. The van der Waals surface area contributed by atoms with Crippen molar-refractivity contribution < 1.29 is 4.39 Å². The molecule has 0 unspecified atom stereocenters. The molecule has 0 aliphatic carbocycles. The van der Waals surface area contributed by atoms with E-state index in [1.54, 1.807) is 29.3 Å². The molecule has 0 spiro atoms. The van der Waals surface area contributed by atoms with Crippen molar-refractivity contribution in [2.24, 2.45) is 7.05 Å². The van der Waals surface area contributed by atoms with Crippen molar-refractivity contribution in [3.63, 3.8) is 0 Å². The van der Waals surface area contributed by atoms with Gasteiger partial charge in [0, 0.05) is 31.2 Å². The van der Waals surface area contributed by atoms with E-state index in [-0.39, 0.29) is 5.82 Å². The summed E-state index contributed by atoms with van der Waals surface area (Å²) in [6, 6.07) is 12.3. The summed E-state index contributed by atoms with van der Waals surface area (Å²) in [4.78, 5) is 13.4. The molecule has 1 atom stereocenters. The van der Waals surface area contributed by atoms with Crippen LogP contribution in [0, 0.1) is 19.7 Å². The normalized spacial score (nSPS) is 12.4. The Bertz CT molecular complexity index is 1370. The van der Waals surface area contributed by atoms with Gasteiger partial charge in [0.05, 0.1) is 22.4 Å². The minimum Gasteiger partial charge on any atom is -0.315 e. The number of aromatic nitrogens is 7. The molecule has 4 aromatic heterocycles. The van der Waals surface area contributed by atoms with E-state index in [1.807, 2.05) is 55.8 Å². The Hall–Kier alpha value is -3.94. The second-order valence-corrected chi connectivity index (χ2v) is 7.44. The molecule has 31 heavy (non-hydrogen) atoms. The summed E-state index contributed by atoms with van der Waals surface area (Å²) < 4.78 is 18.7. The van der Waals surface area contributed by atoms with E-state index >= 15 is 0 Å². The van der Waals surface area contributed by atoms with Gasteiger partial charge in [-0.25, -0.2) is 14.1 Å². The van der Waals surface area contributed by atoms with E-state index < -0.39 is 6.04 Å². The van der Waals surface area contributed by atoms with Crippen LogP contribution in [0.25, 0.3) is 22.3 Å². The molecule has 0 fully saturated rings. The highest BCUT2D eigenvalue weighted by molar-refractivity contribution is 5.83. The maximum atomic E-state index is 14.9. The minimum atomic E-state index is -0.513. The molecule has 4 heterocycles. The average Bonchev–Trinajstić information content (AvgIpc) is 3.28. The van der Waals surface area contributed by atoms with E-state index in [9.17, 15) is 4.39 Å². The van der Waals surface area contributed by atoms with Crippen LogP contribution in [-0.4, -0.2) is 34.5 Å². The van der Waals surface area contributed by atoms with Crippen molar-refractivity contribution >= 4 is 11.0 Å². The smallest absolute Gasteiger partial charge is 0.147 e. The number of pyridine rings is 2. The van der Waals surface area contributed by atoms with Crippen LogP contribution in [0.1, 0.15) is 28.8 Å². The fourth-order valence-corrected chi connectivity index (χ4v) is 4.11. The van der Waals surface area contributed by atoms with Crippen LogP contribution < -0.4 is 0 Å². The van der Waals surface area contributed by atoms with Crippen molar-refractivity contribution in [3.05, 3.63) is 89.6 Å². The Labute approximate surface area is 178 Å². The van der Waals surface area contributed by atoms with Crippen LogP contribution in [-0.2, 0) is 7.05 Å². The lowest BCUT2D eigenvalue weighted by Gasteiger charge is -2.21. The molecule has 0 radical (unpaired) electrons. The standard InChI is InChI=1S/C23H20FN7/c1-14-22(30(3)29-28-14)16-8-9-19-20(12-16)31(15(2)27-19)23(17-6-4-10-25-13-17)21-18(24)7-5-11-26-21/h4-13,23H,1-3H3/t23-/m0/s1. The number of benzene rings is 1. The van der Waals surface area contributed by atoms with Crippen LogP contribution in [0.5, 0.6) is 0 Å². The number of halogens is 1. The summed E-state index contributed by atoms with van der Waals surface area (Å²) in [7, 11) is 1.86. The summed E-state index contributed by atoms with van der Waals surface area (Å²) in [5.41, 5.74) is 5.56. The maximum Gasteiger partial charge on any atom is 0.147 e. The average molecular weight is 413 g/mol. The van der Waals surface area contributed by atoms with Crippen molar-refractivity contribution in [1.29, 1.82) is 0 Å². The molecular weight excluding hydrogens is 393 g/mol. The van der Waals surface area contributed by atoms with Gasteiger partial charge in [0.25, 0.3) is 0 Å². The van der Waals surface area contributed by atoms with Crippen LogP contribution in [0.4, 0.5) is 4.39 Å². The minimum absolute atomic E-state index is 0.321. The molecule has 7 nitrogen and oxygen atoms in total. The Balaban J connectivity index is 1.79. The van der Waals surface area contributed by atoms with E-state index in [2.05, 4.69) is 20.3 Å². The van der Waals surface area contributed by atoms with Gasteiger partial charge in [-0.1, -0.05) is 17.3 Å². The number of hydrogen-bond donors (Lipinski definition) is 0. The van der Waals surface area contributed by atoms with Crippen molar-refractivity contribution in [3.8, 4) is 11.3 Å². The Kier molecular flexibility index (Phi) is 4.54. The number of fused-ring (bicyclic) bond motifs is 1. The van der Waals surface area contributed by atoms with Gasteiger partial charge in [0.15, 0.2) is 0 Å². The molecule has 0 N–H and O–H groups in total. The number of rotatable bonds is 4. The third-order valence-electron chi connectivity index (χ3n) is 5.44. The predicted molar refractivity (Wildman–Crippen MR) is 115 cm³/mol. The molecule has 0 aliphatic heterocycles. The zero-order valence-electron chi connectivity index (χ0n) is 17.4. The summed E-state index contributed by atoms with van der Waals surface area (Å²) in [6.07, 6.45) is 5.04. The molecule has 5 rings (SSSR count). The molecule has 0 amide bonds. The van der Waals surface area contributed by atoms with Crippen LogP contribution >= 0.6 is 0 Å². The fourth-order valence-electron chi connectivity index (χ4n) is 4.11. The Morgan fingerprint density at radius 1 is 1.03 bits per heavy atom. The van der Waals surface area contributed by atoms with Crippen molar-refractivity contribution in [2.75, 3.05) is 0 Å². The van der Waals surface area contributed by atoms with E-state index in [0.29, 0.717) is 5.69 Å². The van der Waals surface area contributed by atoms with E-state index in [0.717, 1.165) is 39.4 Å². The van der Waals surface area contributed by atoms with Gasteiger partial charge >= 0.3 is 0 Å². The zero-order valence-corrected chi connectivity index (χ0v) is 17.4. The van der Waals surface area contributed by atoms with Crippen LogP contribution in [0.15, 0.2) is 61.1 Å². The molecule has 5 aromatic rings. The fraction of sp³-hybridized carbons (Fsp3) is 0.174. The predicted octanol–water partition coefficient (Wildman–Crippen LogP) is 4.02. The van der Waals surface area contributed by atoms with Gasteiger partial charge in [0.1, 0.15) is 23.4 Å². The number of nitrogens with zero attached hydrogens (tertiary/aromatic N) is 7. The van der Waals surface area contributed by atoms with Gasteiger partial charge in [-0.3, -0.25) is 9.97 Å². The molecule has 1 aromatic carbocycles. The van der Waals surface area contributed by atoms with Gasteiger partial charge in [-0.05, 0) is 49.7 Å². The third kappa shape index (κ3) is 3.16. The first-order valence-corrected chi connectivity index (χ1v) is 9.90.